The highest BCUT2D eigenvalue weighted by Crippen LogP contribution is 2.23. The molecule has 1 aromatic rings. The quantitative estimate of drug-likeness (QED) is 0.662. The summed E-state index contributed by atoms with van der Waals surface area (Å²) in [6.45, 7) is 6.45. The number of hydrogen-bond donors (Lipinski definition) is 2. The average molecular weight is 396 g/mol. The van der Waals surface area contributed by atoms with E-state index in [4.69, 9.17) is 0 Å². The number of rotatable bonds is 8. The zero-order chi connectivity index (χ0) is 19.9. The molecule has 0 radical (unpaired) electrons. The third-order valence-corrected chi connectivity index (χ3v) is 7.38. The van der Waals surface area contributed by atoms with Gasteiger partial charge in [0.05, 0.1) is 11.4 Å². The van der Waals surface area contributed by atoms with Gasteiger partial charge in [0.15, 0.2) is 0 Å². The molecule has 0 saturated heterocycles. The second-order valence-electron chi connectivity index (χ2n) is 7.18. The number of hydrogen-bond acceptors (Lipinski definition) is 4. The minimum atomic E-state index is -3.53. The summed E-state index contributed by atoms with van der Waals surface area (Å²) < 4.78 is 27.1. The van der Waals surface area contributed by atoms with Crippen molar-refractivity contribution < 1.29 is 13.2 Å². The first-order valence-electron chi connectivity index (χ1n) is 10.0. The van der Waals surface area contributed by atoms with Crippen LogP contribution in [0.15, 0.2) is 23.1 Å². The standard InChI is InChI=1S/C20H33N3O3S/c1-4-23(5-2)27(25,26)19-14-18(13-12-16(19)3)21-15-20(24)22-17-10-8-6-7-9-11-17/h12-14,17,21H,4-11,15H2,1-3H3,(H,22,24). The number of aryl methyl sites for hydroxylation is 1. The lowest BCUT2D eigenvalue weighted by Crippen LogP contribution is -2.38. The summed E-state index contributed by atoms with van der Waals surface area (Å²) in [5.41, 5.74) is 1.35. The zero-order valence-corrected chi connectivity index (χ0v) is 17.6. The summed E-state index contributed by atoms with van der Waals surface area (Å²) >= 11 is 0. The molecule has 0 bridgehead atoms. The smallest absolute Gasteiger partial charge is 0.243 e. The number of benzene rings is 1. The number of carbonyl (C=O) groups excluding carboxylic acids is 1. The molecular formula is C20H33N3O3S. The van der Waals surface area contributed by atoms with Crippen LogP contribution in [0.1, 0.15) is 57.9 Å². The van der Waals surface area contributed by atoms with Crippen molar-refractivity contribution in [1.82, 2.24) is 9.62 Å². The molecule has 0 aliphatic heterocycles. The van der Waals surface area contributed by atoms with Gasteiger partial charge in [-0.15, -0.1) is 0 Å². The summed E-state index contributed by atoms with van der Waals surface area (Å²) in [5.74, 6) is -0.0457. The van der Waals surface area contributed by atoms with E-state index < -0.39 is 10.0 Å². The van der Waals surface area contributed by atoms with Crippen LogP contribution in [0.5, 0.6) is 0 Å². The van der Waals surface area contributed by atoms with Gasteiger partial charge in [-0.3, -0.25) is 4.79 Å². The third-order valence-electron chi connectivity index (χ3n) is 5.18. The maximum atomic E-state index is 12.8. The zero-order valence-electron chi connectivity index (χ0n) is 16.8. The lowest BCUT2D eigenvalue weighted by Gasteiger charge is -2.20. The van der Waals surface area contributed by atoms with E-state index in [1.165, 1.54) is 30.0 Å². The van der Waals surface area contributed by atoms with Gasteiger partial charge >= 0.3 is 0 Å². The fourth-order valence-electron chi connectivity index (χ4n) is 3.58. The normalized spacial score (nSPS) is 16.1. The van der Waals surface area contributed by atoms with Crippen LogP contribution in [0.4, 0.5) is 5.69 Å². The molecule has 1 amide bonds. The number of nitrogens with one attached hydrogen (secondary N) is 2. The lowest BCUT2D eigenvalue weighted by molar-refractivity contribution is -0.120. The van der Waals surface area contributed by atoms with Crippen LogP contribution in [0.2, 0.25) is 0 Å². The first-order chi connectivity index (χ1) is 12.9. The maximum absolute atomic E-state index is 12.8. The average Bonchev–Trinajstić information content (AvgIpc) is 2.90. The predicted molar refractivity (Wildman–Crippen MR) is 109 cm³/mol. The van der Waals surface area contributed by atoms with Gasteiger partial charge < -0.3 is 10.6 Å². The van der Waals surface area contributed by atoms with Gasteiger partial charge in [-0.25, -0.2) is 8.42 Å². The molecule has 1 fully saturated rings. The van der Waals surface area contributed by atoms with Gasteiger partial charge in [0.2, 0.25) is 15.9 Å². The number of sulfonamides is 1. The Hall–Kier alpha value is -1.60. The summed E-state index contributed by atoms with van der Waals surface area (Å²) in [5, 5.41) is 6.16. The molecule has 7 heteroatoms. The Labute approximate surface area is 163 Å². The van der Waals surface area contributed by atoms with Crippen molar-refractivity contribution in [3.8, 4) is 0 Å². The molecule has 0 unspecified atom stereocenters. The Morgan fingerprint density at radius 3 is 2.33 bits per heavy atom. The van der Waals surface area contributed by atoms with Crippen LogP contribution in [-0.4, -0.2) is 44.3 Å². The fourth-order valence-corrected chi connectivity index (χ4v) is 5.28. The van der Waals surface area contributed by atoms with Crippen molar-refractivity contribution in [1.29, 1.82) is 0 Å². The summed E-state index contributed by atoms with van der Waals surface area (Å²) in [6.07, 6.45) is 6.92. The minimum Gasteiger partial charge on any atom is -0.376 e. The van der Waals surface area contributed by atoms with Crippen LogP contribution < -0.4 is 10.6 Å². The molecular weight excluding hydrogens is 362 g/mol. The van der Waals surface area contributed by atoms with E-state index in [0.717, 1.165) is 12.8 Å². The first kappa shape index (κ1) is 21.7. The predicted octanol–water partition coefficient (Wildman–Crippen LogP) is 3.28. The van der Waals surface area contributed by atoms with E-state index in [2.05, 4.69) is 10.6 Å². The van der Waals surface area contributed by atoms with Gasteiger partial charge in [-0.2, -0.15) is 4.31 Å². The van der Waals surface area contributed by atoms with E-state index in [-0.39, 0.29) is 18.5 Å². The fraction of sp³-hybridized carbons (Fsp3) is 0.650. The Morgan fingerprint density at radius 2 is 1.74 bits per heavy atom. The second kappa shape index (κ2) is 10.1. The number of carbonyl (C=O) groups is 1. The van der Waals surface area contributed by atoms with Crippen molar-refractivity contribution in [2.75, 3.05) is 25.0 Å². The SMILES string of the molecule is CCN(CC)S(=O)(=O)c1cc(NCC(=O)NC2CCCCCC2)ccc1C. The van der Waals surface area contributed by atoms with Crippen molar-refractivity contribution in [3.05, 3.63) is 23.8 Å². The molecule has 2 rings (SSSR count). The molecule has 0 spiro atoms. The molecule has 1 saturated carbocycles. The van der Waals surface area contributed by atoms with Crippen LogP contribution in [0.3, 0.4) is 0 Å². The van der Waals surface area contributed by atoms with Gasteiger partial charge in [0.25, 0.3) is 0 Å². The Kier molecular flexibility index (Phi) is 8.10. The van der Waals surface area contributed by atoms with Crippen LogP contribution >= 0.6 is 0 Å². The highest BCUT2D eigenvalue weighted by molar-refractivity contribution is 7.89. The maximum Gasteiger partial charge on any atom is 0.243 e. The van der Waals surface area contributed by atoms with Gasteiger partial charge in [0, 0.05) is 24.8 Å². The van der Waals surface area contributed by atoms with E-state index >= 15 is 0 Å². The Balaban J connectivity index is 2.02. The molecule has 1 aromatic carbocycles. The van der Waals surface area contributed by atoms with E-state index in [1.54, 1.807) is 19.1 Å². The molecule has 0 aromatic heterocycles. The molecule has 2 N–H and O–H groups in total. The second-order valence-corrected chi connectivity index (χ2v) is 9.09. The van der Waals surface area contributed by atoms with Crippen LogP contribution in [-0.2, 0) is 14.8 Å². The summed E-state index contributed by atoms with van der Waals surface area (Å²) in [7, 11) is -3.53. The molecule has 152 valence electrons. The molecule has 6 nitrogen and oxygen atoms in total. The van der Waals surface area contributed by atoms with Crippen LogP contribution in [0, 0.1) is 6.92 Å². The van der Waals surface area contributed by atoms with E-state index in [1.807, 2.05) is 19.9 Å². The van der Waals surface area contributed by atoms with Gasteiger partial charge in [-0.05, 0) is 37.5 Å². The largest absolute Gasteiger partial charge is 0.376 e. The topological polar surface area (TPSA) is 78.5 Å². The number of anilines is 1. The van der Waals surface area contributed by atoms with Crippen molar-refractivity contribution >= 4 is 21.6 Å². The van der Waals surface area contributed by atoms with Crippen molar-refractivity contribution in [3.63, 3.8) is 0 Å². The first-order valence-corrected chi connectivity index (χ1v) is 11.5. The number of nitrogens with zero attached hydrogens (tertiary/aromatic N) is 1. The van der Waals surface area contributed by atoms with Gasteiger partial charge in [-0.1, -0.05) is 45.6 Å². The third kappa shape index (κ3) is 5.94. The van der Waals surface area contributed by atoms with E-state index in [0.29, 0.717) is 29.2 Å². The molecule has 0 heterocycles. The highest BCUT2D eigenvalue weighted by atomic mass is 32.2. The van der Waals surface area contributed by atoms with Crippen molar-refractivity contribution in [2.24, 2.45) is 0 Å². The highest BCUT2D eigenvalue weighted by Gasteiger charge is 2.24. The lowest BCUT2D eigenvalue weighted by atomic mass is 10.1. The number of amides is 1. The van der Waals surface area contributed by atoms with E-state index in [9.17, 15) is 13.2 Å². The summed E-state index contributed by atoms with van der Waals surface area (Å²) in [6, 6.07) is 5.48. The minimum absolute atomic E-state index is 0.0457. The molecule has 27 heavy (non-hydrogen) atoms. The summed E-state index contributed by atoms with van der Waals surface area (Å²) in [4.78, 5) is 12.5. The van der Waals surface area contributed by atoms with Crippen molar-refractivity contribution in [2.45, 2.75) is 70.2 Å². The molecule has 0 atom stereocenters. The molecule has 1 aliphatic carbocycles. The van der Waals surface area contributed by atoms with Gasteiger partial charge in [0.1, 0.15) is 0 Å². The monoisotopic (exact) mass is 395 g/mol. The van der Waals surface area contributed by atoms with Crippen LogP contribution in [0.25, 0.3) is 0 Å². The Bertz CT molecular complexity index is 722. The molecule has 1 aliphatic rings. The Morgan fingerprint density at radius 1 is 1.11 bits per heavy atom.